The summed E-state index contributed by atoms with van der Waals surface area (Å²) in [5.74, 6) is -0.305. The number of aliphatic carboxylic acids is 1. The van der Waals surface area contributed by atoms with Crippen LogP contribution in [0.4, 0.5) is 0 Å². The third-order valence-electron chi connectivity index (χ3n) is 2.19. The van der Waals surface area contributed by atoms with E-state index in [-0.39, 0.29) is 0 Å². The van der Waals surface area contributed by atoms with Gasteiger partial charge in [0.1, 0.15) is 6.04 Å². The summed E-state index contributed by atoms with van der Waals surface area (Å²) >= 11 is 3.27. The lowest BCUT2D eigenvalue weighted by atomic mass is 10.1. The monoisotopic (exact) mass is 303 g/mol. The molecule has 1 aromatic rings. The van der Waals surface area contributed by atoms with E-state index in [1.165, 1.54) is 7.11 Å². The highest BCUT2D eigenvalue weighted by Gasteiger charge is 2.24. The van der Waals surface area contributed by atoms with Crippen molar-refractivity contribution in [2.45, 2.75) is 13.0 Å². The highest BCUT2D eigenvalue weighted by Crippen LogP contribution is 2.39. The number of carbonyl (C=O) groups is 1. The van der Waals surface area contributed by atoms with Gasteiger partial charge in [0.25, 0.3) is 0 Å². The minimum absolute atomic E-state index is 0.360. The second-order valence-corrected chi connectivity index (χ2v) is 4.10. The molecule has 0 spiro atoms. The van der Waals surface area contributed by atoms with E-state index in [0.717, 1.165) is 0 Å². The van der Waals surface area contributed by atoms with E-state index < -0.39 is 12.0 Å². The van der Waals surface area contributed by atoms with Crippen LogP contribution in [0.1, 0.15) is 18.5 Å². The molecule has 1 unspecified atom stereocenters. The lowest BCUT2D eigenvalue weighted by molar-refractivity contribution is -0.138. The van der Waals surface area contributed by atoms with E-state index >= 15 is 0 Å². The molecule has 0 fully saturated rings. The number of nitrogens with two attached hydrogens (primary N) is 1. The summed E-state index contributed by atoms with van der Waals surface area (Å²) in [6, 6.07) is 2.20. The third kappa shape index (κ3) is 2.89. The maximum absolute atomic E-state index is 11.0. The number of halogens is 1. The molecule has 0 aliphatic carbocycles. The van der Waals surface area contributed by atoms with Gasteiger partial charge in [-0.25, -0.2) is 0 Å². The molecule has 1 rings (SSSR count). The van der Waals surface area contributed by atoms with Crippen molar-refractivity contribution >= 4 is 21.9 Å². The second-order valence-electron chi connectivity index (χ2n) is 3.24. The Balaban J connectivity index is 3.37. The Morgan fingerprint density at radius 3 is 2.71 bits per heavy atom. The summed E-state index contributed by atoms with van der Waals surface area (Å²) in [5.41, 5.74) is 6.00. The van der Waals surface area contributed by atoms with E-state index in [1.807, 2.05) is 0 Å². The molecular weight excluding hydrogens is 290 g/mol. The smallest absolute Gasteiger partial charge is 0.325 e. The van der Waals surface area contributed by atoms with Gasteiger partial charge >= 0.3 is 5.97 Å². The molecule has 6 heteroatoms. The zero-order valence-electron chi connectivity index (χ0n) is 9.57. The minimum atomic E-state index is -1.17. The summed E-state index contributed by atoms with van der Waals surface area (Å²) in [7, 11) is 1.49. The number of methoxy groups -OCH3 is 1. The van der Waals surface area contributed by atoms with Crippen LogP contribution in [0.15, 0.2) is 16.6 Å². The predicted octanol–water partition coefficient (Wildman–Crippen LogP) is 1.94. The zero-order valence-corrected chi connectivity index (χ0v) is 11.2. The first-order valence-corrected chi connectivity index (χ1v) is 5.79. The van der Waals surface area contributed by atoms with Crippen molar-refractivity contribution in [1.82, 2.24) is 0 Å². The van der Waals surface area contributed by atoms with E-state index in [2.05, 4.69) is 15.9 Å². The van der Waals surface area contributed by atoms with Crippen LogP contribution in [0.3, 0.4) is 0 Å². The number of ether oxygens (including phenoxy) is 2. The van der Waals surface area contributed by atoms with Crippen molar-refractivity contribution in [2.24, 2.45) is 5.73 Å². The molecule has 0 aliphatic rings. The molecule has 0 saturated carbocycles. The molecule has 0 saturated heterocycles. The van der Waals surface area contributed by atoms with Crippen LogP contribution in [0, 0.1) is 0 Å². The average Bonchev–Trinajstić information content (AvgIpc) is 2.29. The number of rotatable bonds is 5. The fourth-order valence-corrected chi connectivity index (χ4v) is 1.98. The third-order valence-corrected chi connectivity index (χ3v) is 2.88. The summed E-state index contributed by atoms with van der Waals surface area (Å²) in [6.07, 6.45) is 0. The van der Waals surface area contributed by atoms with Crippen molar-refractivity contribution in [3.8, 4) is 11.5 Å². The Morgan fingerprint density at radius 1 is 1.59 bits per heavy atom. The van der Waals surface area contributed by atoms with Gasteiger partial charge in [0.2, 0.25) is 0 Å². The van der Waals surface area contributed by atoms with E-state index in [4.69, 9.17) is 20.3 Å². The van der Waals surface area contributed by atoms with E-state index in [9.17, 15) is 4.79 Å². The van der Waals surface area contributed by atoms with Crippen molar-refractivity contribution in [1.29, 1.82) is 0 Å². The largest absolute Gasteiger partial charge is 0.493 e. The summed E-state index contributed by atoms with van der Waals surface area (Å²) in [6.45, 7) is 2.20. The summed E-state index contributed by atoms with van der Waals surface area (Å²) in [5, 5.41) is 8.97. The van der Waals surface area contributed by atoms with Crippen LogP contribution < -0.4 is 15.2 Å². The molecule has 0 aliphatic heterocycles. The molecule has 0 amide bonds. The molecule has 17 heavy (non-hydrogen) atoms. The molecule has 0 radical (unpaired) electrons. The topological polar surface area (TPSA) is 81.8 Å². The van der Waals surface area contributed by atoms with Gasteiger partial charge in [0.05, 0.1) is 13.7 Å². The second kappa shape index (κ2) is 5.88. The Bertz CT molecular complexity index is 422. The Hall–Kier alpha value is -1.27. The Morgan fingerprint density at radius 2 is 2.24 bits per heavy atom. The number of benzene rings is 1. The first-order chi connectivity index (χ1) is 8.02. The van der Waals surface area contributed by atoms with Crippen LogP contribution in [0.2, 0.25) is 0 Å². The van der Waals surface area contributed by atoms with Crippen molar-refractivity contribution in [3.63, 3.8) is 0 Å². The molecule has 0 bridgehead atoms. The highest BCUT2D eigenvalue weighted by molar-refractivity contribution is 9.10. The van der Waals surface area contributed by atoms with Crippen LogP contribution in [0.25, 0.3) is 0 Å². The van der Waals surface area contributed by atoms with Crippen LogP contribution in [-0.4, -0.2) is 24.8 Å². The number of carboxylic acid groups (broad SMARTS) is 1. The summed E-state index contributed by atoms with van der Waals surface area (Å²) in [4.78, 5) is 11.0. The molecule has 0 aromatic heterocycles. The lowest BCUT2D eigenvalue weighted by Crippen LogP contribution is -2.22. The lowest BCUT2D eigenvalue weighted by Gasteiger charge is -2.18. The molecule has 1 atom stereocenters. The standard InChI is InChI=1S/C11H14BrNO4/c1-3-17-10-7(16-2)5-4-6(12)8(10)9(13)11(14)15/h4-5,9H,3,13H2,1-2H3,(H,14,15). The minimum Gasteiger partial charge on any atom is -0.493 e. The van der Waals surface area contributed by atoms with E-state index in [0.29, 0.717) is 28.1 Å². The molecule has 3 N–H and O–H groups in total. The van der Waals surface area contributed by atoms with Gasteiger partial charge in [-0.15, -0.1) is 0 Å². The molecular formula is C11H14BrNO4. The van der Waals surface area contributed by atoms with Crippen LogP contribution >= 0.6 is 15.9 Å². The first kappa shape index (κ1) is 13.8. The van der Waals surface area contributed by atoms with E-state index in [1.54, 1.807) is 19.1 Å². The fourth-order valence-electron chi connectivity index (χ4n) is 1.42. The van der Waals surface area contributed by atoms with Gasteiger partial charge in [0.15, 0.2) is 11.5 Å². The molecule has 5 nitrogen and oxygen atoms in total. The van der Waals surface area contributed by atoms with Gasteiger partial charge < -0.3 is 20.3 Å². The van der Waals surface area contributed by atoms with Crippen molar-refractivity contribution in [3.05, 3.63) is 22.2 Å². The highest BCUT2D eigenvalue weighted by atomic mass is 79.9. The van der Waals surface area contributed by atoms with Gasteiger partial charge in [-0.1, -0.05) is 15.9 Å². The Labute approximate surface area is 108 Å². The maximum atomic E-state index is 11.0. The number of carboxylic acids is 1. The molecule has 1 aromatic carbocycles. The normalized spacial score (nSPS) is 12.0. The molecule has 94 valence electrons. The SMILES string of the molecule is CCOc1c(OC)ccc(Br)c1C(N)C(=O)O. The van der Waals surface area contributed by atoms with Crippen LogP contribution in [-0.2, 0) is 4.79 Å². The van der Waals surface area contributed by atoms with Gasteiger partial charge in [-0.3, -0.25) is 4.79 Å². The maximum Gasteiger partial charge on any atom is 0.325 e. The van der Waals surface area contributed by atoms with Gasteiger partial charge in [-0.05, 0) is 19.1 Å². The van der Waals surface area contributed by atoms with Crippen molar-refractivity contribution in [2.75, 3.05) is 13.7 Å². The molecule has 0 heterocycles. The van der Waals surface area contributed by atoms with Gasteiger partial charge in [-0.2, -0.15) is 0 Å². The van der Waals surface area contributed by atoms with Crippen molar-refractivity contribution < 1.29 is 19.4 Å². The quantitative estimate of drug-likeness (QED) is 0.869. The predicted molar refractivity (Wildman–Crippen MR) is 66.4 cm³/mol. The van der Waals surface area contributed by atoms with Crippen LogP contribution in [0.5, 0.6) is 11.5 Å². The summed E-state index contributed by atoms with van der Waals surface area (Å²) < 4.78 is 11.1. The average molecular weight is 304 g/mol. The Kier molecular flexibility index (Phi) is 4.77. The fraction of sp³-hybridized carbons (Fsp3) is 0.364. The number of hydrogen-bond acceptors (Lipinski definition) is 4. The zero-order chi connectivity index (χ0) is 13.0. The number of hydrogen-bond donors (Lipinski definition) is 2. The van der Waals surface area contributed by atoms with Gasteiger partial charge in [0, 0.05) is 10.0 Å². The first-order valence-electron chi connectivity index (χ1n) is 5.00.